The quantitative estimate of drug-likeness (QED) is 0.178. The molecule has 0 spiro atoms. The molecule has 0 saturated carbocycles. The number of hydrogen-bond acceptors (Lipinski definition) is 3. The first-order valence-corrected chi connectivity index (χ1v) is 15.3. The molecule has 1 aliphatic heterocycles. The summed E-state index contributed by atoms with van der Waals surface area (Å²) in [5, 5.41) is 21.0. The molecule has 170 valence electrons. The third-order valence-corrected chi connectivity index (χ3v) is 11.5. The van der Waals surface area contributed by atoms with Crippen LogP contribution in [-0.2, 0) is 4.74 Å². The van der Waals surface area contributed by atoms with E-state index in [0.717, 1.165) is 6.42 Å². The summed E-state index contributed by atoms with van der Waals surface area (Å²) in [6.45, 7) is 12.9. The maximum absolute atomic E-state index is 10.9. The van der Waals surface area contributed by atoms with Gasteiger partial charge in [-0.2, -0.15) is 0 Å². The van der Waals surface area contributed by atoms with Crippen LogP contribution in [0.25, 0.3) is 0 Å². The molecule has 4 heteroatoms. The molecular formula is C25H48O3Sn. The Balaban J connectivity index is 2.67. The van der Waals surface area contributed by atoms with E-state index in [1.54, 1.807) is 0 Å². The third-order valence-electron chi connectivity index (χ3n) is 6.64. The molecule has 1 aliphatic rings. The van der Waals surface area contributed by atoms with E-state index in [1.165, 1.54) is 57.8 Å². The molecule has 1 rings (SSSR count). The van der Waals surface area contributed by atoms with Crippen LogP contribution >= 0.6 is 0 Å². The SMILES string of the molecule is CCCC[C](CCCC)(CCCC)[Sn]/[CH]=C/[C@](C)(O)C[C@H]1O[C@@H]1[C@H](C)[C@@H](O)CC. The van der Waals surface area contributed by atoms with E-state index in [-0.39, 0.29) is 24.2 Å². The summed E-state index contributed by atoms with van der Waals surface area (Å²) < 4.78 is 8.79. The number of epoxide rings is 1. The topological polar surface area (TPSA) is 53.0 Å². The Kier molecular flexibility index (Phi) is 13.0. The second kappa shape index (κ2) is 13.7. The number of aliphatic hydroxyl groups is 2. The van der Waals surface area contributed by atoms with Gasteiger partial charge in [-0.1, -0.05) is 0 Å². The minimum absolute atomic E-state index is 0.0845. The van der Waals surface area contributed by atoms with Gasteiger partial charge in [-0.3, -0.25) is 0 Å². The second-order valence-electron chi connectivity index (χ2n) is 9.60. The van der Waals surface area contributed by atoms with Gasteiger partial charge in [-0.15, -0.1) is 0 Å². The van der Waals surface area contributed by atoms with Gasteiger partial charge in [-0.05, 0) is 0 Å². The number of aliphatic hydroxyl groups excluding tert-OH is 1. The van der Waals surface area contributed by atoms with Crippen LogP contribution in [0.1, 0.15) is 112 Å². The van der Waals surface area contributed by atoms with Crippen LogP contribution in [0.15, 0.2) is 10.2 Å². The molecule has 0 aromatic heterocycles. The molecule has 29 heavy (non-hydrogen) atoms. The summed E-state index contributed by atoms with van der Waals surface area (Å²) in [4.78, 5) is 0. The molecule has 0 aromatic carbocycles. The monoisotopic (exact) mass is 516 g/mol. The van der Waals surface area contributed by atoms with Crippen molar-refractivity contribution in [2.45, 2.75) is 140 Å². The molecule has 1 fully saturated rings. The molecule has 2 radical (unpaired) electrons. The van der Waals surface area contributed by atoms with Gasteiger partial charge in [-0.25, -0.2) is 0 Å². The molecule has 0 bridgehead atoms. The molecule has 0 aromatic rings. The molecule has 2 N–H and O–H groups in total. The van der Waals surface area contributed by atoms with Crippen molar-refractivity contribution in [3.05, 3.63) is 10.2 Å². The van der Waals surface area contributed by atoms with Crippen LogP contribution in [-0.4, -0.2) is 55.3 Å². The predicted octanol–water partition coefficient (Wildman–Crippen LogP) is 6.25. The molecule has 1 saturated heterocycles. The van der Waals surface area contributed by atoms with E-state index in [2.05, 4.69) is 37.9 Å². The van der Waals surface area contributed by atoms with Gasteiger partial charge in [0.1, 0.15) is 0 Å². The summed E-state index contributed by atoms with van der Waals surface area (Å²) in [6, 6.07) is 0. The molecular weight excluding hydrogens is 467 g/mol. The zero-order chi connectivity index (χ0) is 21.9. The first-order valence-electron chi connectivity index (χ1n) is 12.3. The number of rotatable bonds is 17. The fourth-order valence-electron chi connectivity index (χ4n) is 4.38. The van der Waals surface area contributed by atoms with Gasteiger partial charge in [0.15, 0.2) is 0 Å². The van der Waals surface area contributed by atoms with Crippen LogP contribution < -0.4 is 0 Å². The Labute approximate surface area is 191 Å². The van der Waals surface area contributed by atoms with E-state index in [9.17, 15) is 10.2 Å². The van der Waals surface area contributed by atoms with E-state index in [0.29, 0.717) is 9.85 Å². The summed E-state index contributed by atoms with van der Waals surface area (Å²) in [5.41, 5.74) is -0.802. The molecule has 0 aliphatic carbocycles. The molecule has 1 heterocycles. The van der Waals surface area contributed by atoms with Gasteiger partial charge >= 0.3 is 192 Å². The average Bonchev–Trinajstić information content (AvgIpc) is 3.45. The van der Waals surface area contributed by atoms with Crippen molar-refractivity contribution < 1.29 is 14.9 Å². The summed E-state index contributed by atoms with van der Waals surface area (Å²) in [6.07, 6.45) is 15.4. The Morgan fingerprint density at radius 1 is 1.00 bits per heavy atom. The summed E-state index contributed by atoms with van der Waals surface area (Å²) in [5.74, 6) is 0.144. The average molecular weight is 515 g/mol. The van der Waals surface area contributed by atoms with Crippen molar-refractivity contribution in [3.8, 4) is 0 Å². The first kappa shape index (κ1) is 27.5. The van der Waals surface area contributed by atoms with Crippen molar-refractivity contribution in [3.63, 3.8) is 0 Å². The van der Waals surface area contributed by atoms with Gasteiger partial charge in [0.2, 0.25) is 0 Å². The molecule has 5 atom stereocenters. The maximum atomic E-state index is 10.9. The zero-order valence-corrected chi connectivity index (χ0v) is 22.9. The molecule has 3 nitrogen and oxygen atoms in total. The Morgan fingerprint density at radius 2 is 1.52 bits per heavy atom. The van der Waals surface area contributed by atoms with Gasteiger partial charge < -0.3 is 0 Å². The zero-order valence-electron chi connectivity index (χ0n) is 20.0. The van der Waals surface area contributed by atoms with Crippen LogP contribution in [0.5, 0.6) is 0 Å². The fraction of sp³-hybridized carbons (Fsp3) is 0.920. The Bertz CT molecular complexity index is 441. The third kappa shape index (κ3) is 10.1. The van der Waals surface area contributed by atoms with Crippen molar-refractivity contribution in [1.29, 1.82) is 0 Å². The van der Waals surface area contributed by atoms with Crippen molar-refractivity contribution in [2.24, 2.45) is 5.92 Å². The first-order chi connectivity index (χ1) is 13.7. The normalized spacial score (nSPS) is 23.9. The van der Waals surface area contributed by atoms with Gasteiger partial charge in [0.25, 0.3) is 0 Å². The van der Waals surface area contributed by atoms with Gasteiger partial charge in [0, 0.05) is 0 Å². The molecule has 0 unspecified atom stereocenters. The van der Waals surface area contributed by atoms with E-state index in [4.69, 9.17) is 4.74 Å². The number of hydrogen-bond donors (Lipinski definition) is 2. The Morgan fingerprint density at radius 3 is 1.97 bits per heavy atom. The Hall–Kier alpha value is 0.419. The summed E-state index contributed by atoms with van der Waals surface area (Å²) in [7, 11) is 0. The second-order valence-corrected chi connectivity index (χ2v) is 14.4. The minimum atomic E-state index is -0.802. The van der Waals surface area contributed by atoms with E-state index >= 15 is 0 Å². The van der Waals surface area contributed by atoms with Crippen molar-refractivity contribution in [2.75, 3.05) is 0 Å². The van der Waals surface area contributed by atoms with Crippen LogP contribution in [0.3, 0.4) is 0 Å². The predicted molar refractivity (Wildman–Crippen MR) is 126 cm³/mol. The van der Waals surface area contributed by atoms with E-state index < -0.39 is 26.7 Å². The number of ether oxygens (including phenoxy) is 1. The van der Waals surface area contributed by atoms with Crippen LogP contribution in [0.2, 0.25) is 3.43 Å². The molecule has 0 amide bonds. The van der Waals surface area contributed by atoms with E-state index in [1.807, 2.05) is 13.8 Å². The van der Waals surface area contributed by atoms with Gasteiger partial charge in [0.05, 0.1) is 0 Å². The summed E-state index contributed by atoms with van der Waals surface area (Å²) >= 11 is -0.733. The standard InChI is InChI=1S/C13H27.C12H21O3.Sn/c1-4-7-10-13(11-8-5-2)12-9-6-3;1-5-9(13)8(3)11-10(15-11)7-12(4,14)6-2;/h4-12H2,1-3H3;2,6,8-11,13-14H,5,7H2,1,3-4H3;/t;8-,9+,10-,11-,12+;/m.1./s1. The number of unbranched alkanes of at least 4 members (excludes halogenated alkanes) is 3. The van der Waals surface area contributed by atoms with Crippen molar-refractivity contribution in [1.82, 2.24) is 0 Å². The fourth-order valence-corrected chi connectivity index (χ4v) is 9.41. The van der Waals surface area contributed by atoms with Crippen LogP contribution in [0.4, 0.5) is 0 Å². The van der Waals surface area contributed by atoms with Crippen LogP contribution in [0, 0.1) is 5.92 Å². The van der Waals surface area contributed by atoms with Crippen molar-refractivity contribution >= 4 is 21.1 Å².